The maximum absolute atomic E-state index is 9.07. The van der Waals surface area contributed by atoms with Crippen LogP contribution in [0.2, 0.25) is 0 Å². The van der Waals surface area contributed by atoms with E-state index in [0.717, 1.165) is 36.5 Å². The second-order valence-corrected chi connectivity index (χ2v) is 12.7. The Morgan fingerprint density at radius 2 is 0.658 bits per heavy atom. The van der Waals surface area contributed by atoms with Crippen LogP contribution < -0.4 is 0 Å². The van der Waals surface area contributed by atoms with Crippen molar-refractivity contribution in [2.75, 3.05) is 13.2 Å². The van der Waals surface area contributed by atoms with E-state index < -0.39 is 0 Å². The van der Waals surface area contributed by atoms with Gasteiger partial charge in [-0.3, -0.25) is 0 Å². The summed E-state index contributed by atoms with van der Waals surface area (Å²) in [6, 6.07) is 0. The van der Waals surface area contributed by atoms with E-state index in [4.69, 9.17) is 10.2 Å². The quantitative estimate of drug-likeness (QED) is 0.0774. The number of rotatable bonds is 28. The van der Waals surface area contributed by atoms with Crippen LogP contribution >= 0.6 is 0 Å². The Bertz CT molecular complexity index is 502. The highest BCUT2D eigenvalue weighted by Crippen LogP contribution is 2.44. The summed E-state index contributed by atoms with van der Waals surface area (Å²) in [6.45, 7) is 5.37. The fraction of sp³-hybridized carbons (Fsp3) is 0.944. The lowest BCUT2D eigenvalue weighted by Crippen LogP contribution is -2.32. The van der Waals surface area contributed by atoms with Gasteiger partial charge in [-0.25, -0.2) is 0 Å². The third-order valence-electron chi connectivity index (χ3n) is 9.43. The normalized spacial score (nSPS) is 21.4. The van der Waals surface area contributed by atoms with Gasteiger partial charge < -0.3 is 10.2 Å². The Kier molecular flexibility index (Phi) is 25.2. The molecule has 0 heterocycles. The molecule has 0 aromatic rings. The van der Waals surface area contributed by atoms with Gasteiger partial charge in [0.05, 0.1) is 0 Å². The lowest BCUT2D eigenvalue weighted by atomic mass is 9.64. The molecule has 0 radical (unpaired) electrons. The zero-order valence-corrected chi connectivity index (χ0v) is 26.2. The highest BCUT2D eigenvalue weighted by Gasteiger charge is 2.34. The van der Waals surface area contributed by atoms with Gasteiger partial charge in [0, 0.05) is 13.2 Å². The van der Waals surface area contributed by atoms with Crippen molar-refractivity contribution >= 4 is 0 Å². The molecule has 2 N–H and O–H groups in total. The average Bonchev–Trinajstić information content (AvgIpc) is 2.93. The Morgan fingerprint density at radius 1 is 0.368 bits per heavy atom. The van der Waals surface area contributed by atoms with Crippen molar-refractivity contribution in [3.8, 4) is 0 Å². The topological polar surface area (TPSA) is 40.5 Å². The molecule has 0 bridgehead atoms. The van der Waals surface area contributed by atoms with Crippen LogP contribution in [0.25, 0.3) is 0 Å². The van der Waals surface area contributed by atoms with Crippen molar-refractivity contribution in [2.24, 2.45) is 23.7 Å². The van der Waals surface area contributed by atoms with Gasteiger partial charge in [0.15, 0.2) is 0 Å². The Hall–Kier alpha value is -0.340. The summed E-state index contributed by atoms with van der Waals surface area (Å²) in [4.78, 5) is 0. The maximum Gasteiger partial charge on any atom is 0.0431 e. The fourth-order valence-electron chi connectivity index (χ4n) is 7.05. The van der Waals surface area contributed by atoms with Crippen molar-refractivity contribution in [2.45, 2.75) is 181 Å². The van der Waals surface area contributed by atoms with E-state index >= 15 is 0 Å². The van der Waals surface area contributed by atoms with Gasteiger partial charge in [0.1, 0.15) is 0 Å². The average molecular weight is 535 g/mol. The van der Waals surface area contributed by atoms with E-state index in [0.29, 0.717) is 13.2 Å². The van der Waals surface area contributed by atoms with Gasteiger partial charge in [-0.05, 0) is 62.2 Å². The molecule has 38 heavy (non-hydrogen) atoms. The lowest BCUT2D eigenvalue weighted by molar-refractivity contribution is 0.145. The smallest absolute Gasteiger partial charge is 0.0431 e. The first-order chi connectivity index (χ1) is 18.8. The predicted molar refractivity (Wildman–Crippen MR) is 169 cm³/mol. The number of hydrogen-bond acceptors (Lipinski definition) is 2. The standard InChI is InChI=1S/C36H70O2/c1-3-5-7-9-15-21-27-35-33(25-19-8-6-4-2)29-30-34(26-20-14-10-12-17-23-31-37)36(35)28-22-16-11-13-18-24-32-38/h29-30,33-38H,3-28,31-32H2,1-2H3. The molecule has 1 aliphatic carbocycles. The van der Waals surface area contributed by atoms with Crippen LogP contribution in [-0.2, 0) is 0 Å². The largest absolute Gasteiger partial charge is 0.396 e. The minimum absolute atomic E-state index is 0.357. The first-order valence-electron chi connectivity index (χ1n) is 17.7. The number of allylic oxidation sites excluding steroid dienone is 2. The molecule has 0 aromatic carbocycles. The van der Waals surface area contributed by atoms with Crippen LogP contribution in [0.3, 0.4) is 0 Å². The van der Waals surface area contributed by atoms with Gasteiger partial charge in [0.25, 0.3) is 0 Å². The van der Waals surface area contributed by atoms with Crippen LogP contribution in [0.4, 0.5) is 0 Å². The highest BCUT2D eigenvalue weighted by molar-refractivity contribution is 5.05. The SMILES string of the molecule is CCCCCCCCC1C(CCCCCC)C=CC(CCCCCCCCO)C1CCCCCCCCO. The van der Waals surface area contributed by atoms with Gasteiger partial charge >= 0.3 is 0 Å². The van der Waals surface area contributed by atoms with Crippen LogP contribution in [0.5, 0.6) is 0 Å². The minimum atomic E-state index is 0.357. The molecule has 4 unspecified atom stereocenters. The summed E-state index contributed by atoms with van der Waals surface area (Å²) in [5, 5.41) is 18.1. The first-order valence-corrected chi connectivity index (χ1v) is 17.7. The van der Waals surface area contributed by atoms with Crippen LogP contribution in [0.15, 0.2) is 12.2 Å². The predicted octanol–water partition coefficient (Wildman–Crippen LogP) is 11.2. The Balaban J connectivity index is 2.73. The van der Waals surface area contributed by atoms with Crippen molar-refractivity contribution < 1.29 is 10.2 Å². The van der Waals surface area contributed by atoms with E-state index in [1.165, 1.54) is 154 Å². The molecular formula is C36H70O2. The van der Waals surface area contributed by atoms with E-state index in [2.05, 4.69) is 26.0 Å². The molecule has 0 aromatic heterocycles. The minimum Gasteiger partial charge on any atom is -0.396 e. The van der Waals surface area contributed by atoms with Crippen LogP contribution in [0.1, 0.15) is 181 Å². The Labute approximate surface area is 239 Å². The molecule has 2 heteroatoms. The number of aliphatic hydroxyl groups excluding tert-OH is 2. The lowest BCUT2D eigenvalue weighted by Gasteiger charge is -2.41. The third-order valence-corrected chi connectivity index (χ3v) is 9.43. The van der Waals surface area contributed by atoms with Gasteiger partial charge in [-0.1, -0.05) is 154 Å². The van der Waals surface area contributed by atoms with E-state index in [1.54, 1.807) is 0 Å². The molecule has 0 aliphatic heterocycles. The molecule has 0 fully saturated rings. The van der Waals surface area contributed by atoms with Crippen molar-refractivity contribution in [3.63, 3.8) is 0 Å². The zero-order valence-electron chi connectivity index (χ0n) is 26.2. The first kappa shape index (κ1) is 35.7. The Morgan fingerprint density at radius 3 is 1.03 bits per heavy atom. The third kappa shape index (κ3) is 18.1. The molecule has 1 rings (SSSR count). The maximum atomic E-state index is 9.07. The molecule has 226 valence electrons. The number of unbranched alkanes of at least 4 members (excludes halogenated alkanes) is 18. The van der Waals surface area contributed by atoms with Crippen LogP contribution in [0, 0.1) is 23.7 Å². The van der Waals surface area contributed by atoms with E-state index in [-0.39, 0.29) is 0 Å². The summed E-state index contributed by atoms with van der Waals surface area (Å²) in [6.07, 6.45) is 40.4. The van der Waals surface area contributed by atoms with Gasteiger partial charge in [-0.15, -0.1) is 0 Å². The number of hydrogen-bond donors (Lipinski definition) is 2. The molecular weight excluding hydrogens is 464 g/mol. The molecule has 0 spiro atoms. The molecule has 0 amide bonds. The second-order valence-electron chi connectivity index (χ2n) is 12.7. The molecule has 2 nitrogen and oxygen atoms in total. The van der Waals surface area contributed by atoms with E-state index in [9.17, 15) is 0 Å². The summed E-state index contributed by atoms with van der Waals surface area (Å²) in [7, 11) is 0. The van der Waals surface area contributed by atoms with Gasteiger partial charge in [-0.2, -0.15) is 0 Å². The monoisotopic (exact) mass is 535 g/mol. The van der Waals surface area contributed by atoms with Crippen molar-refractivity contribution in [3.05, 3.63) is 12.2 Å². The van der Waals surface area contributed by atoms with Gasteiger partial charge in [0.2, 0.25) is 0 Å². The molecule has 0 saturated heterocycles. The summed E-state index contributed by atoms with van der Waals surface area (Å²) in [5.74, 6) is 3.45. The second kappa shape index (κ2) is 26.9. The zero-order chi connectivity index (χ0) is 27.5. The van der Waals surface area contributed by atoms with Crippen LogP contribution in [-0.4, -0.2) is 23.4 Å². The molecule has 1 aliphatic rings. The van der Waals surface area contributed by atoms with E-state index in [1.807, 2.05) is 0 Å². The number of aliphatic hydroxyl groups is 2. The summed E-state index contributed by atoms with van der Waals surface area (Å²) < 4.78 is 0. The molecule has 0 saturated carbocycles. The summed E-state index contributed by atoms with van der Waals surface area (Å²) in [5.41, 5.74) is 0. The molecule has 4 atom stereocenters. The highest BCUT2D eigenvalue weighted by atomic mass is 16.3. The fourth-order valence-corrected chi connectivity index (χ4v) is 7.05. The summed E-state index contributed by atoms with van der Waals surface area (Å²) >= 11 is 0. The van der Waals surface area contributed by atoms with Crippen molar-refractivity contribution in [1.29, 1.82) is 0 Å². The van der Waals surface area contributed by atoms with Crippen molar-refractivity contribution in [1.82, 2.24) is 0 Å².